The van der Waals surface area contributed by atoms with Gasteiger partial charge in [0.25, 0.3) is 0 Å². The Bertz CT molecular complexity index is 456. The molecule has 1 aromatic carbocycles. The normalized spacial score (nSPS) is 16.6. The minimum absolute atomic E-state index is 0.108. The highest BCUT2D eigenvalue weighted by atomic mass is 16.2. The molecule has 3 heteroatoms. The highest BCUT2D eigenvalue weighted by molar-refractivity contribution is 5.74. The highest BCUT2D eigenvalue weighted by Gasteiger charge is 2.23. The summed E-state index contributed by atoms with van der Waals surface area (Å²) in [6, 6.07) is 10.8. The second kappa shape index (κ2) is 7.66. The van der Waals surface area contributed by atoms with Gasteiger partial charge in [0.15, 0.2) is 0 Å². The fourth-order valence-electron chi connectivity index (χ4n) is 2.89. The number of aryl methyl sites for hydroxylation is 1. The van der Waals surface area contributed by atoms with Crippen LogP contribution < -0.4 is 5.32 Å². The monoisotopic (exact) mass is 302 g/mol. The van der Waals surface area contributed by atoms with Gasteiger partial charge in [0, 0.05) is 19.6 Å². The van der Waals surface area contributed by atoms with Crippen molar-refractivity contribution in [2.45, 2.75) is 46.5 Å². The number of rotatable bonds is 4. The first-order chi connectivity index (χ1) is 10.4. The lowest BCUT2D eigenvalue weighted by Crippen LogP contribution is -2.46. The van der Waals surface area contributed by atoms with Crippen molar-refractivity contribution in [2.75, 3.05) is 19.6 Å². The van der Waals surface area contributed by atoms with Crippen LogP contribution in [0.4, 0.5) is 4.79 Å². The molecule has 3 nitrogen and oxygen atoms in total. The first-order valence-electron chi connectivity index (χ1n) is 8.51. The zero-order valence-corrected chi connectivity index (χ0v) is 14.3. The molecule has 2 amide bonds. The van der Waals surface area contributed by atoms with E-state index in [0.717, 1.165) is 44.8 Å². The Morgan fingerprint density at radius 3 is 2.41 bits per heavy atom. The van der Waals surface area contributed by atoms with E-state index >= 15 is 0 Å². The smallest absolute Gasteiger partial charge is 0.317 e. The molecule has 0 spiro atoms. The van der Waals surface area contributed by atoms with E-state index in [-0.39, 0.29) is 11.4 Å². The summed E-state index contributed by atoms with van der Waals surface area (Å²) in [6.07, 6.45) is 4.66. The van der Waals surface area contributed by atoms with Gasteiger partial charge < -0.3 is 10.2 Å². The average molecular weight is 302 g/mol. The third kappa shape index (κ3) is 5.70. The lowest BCUT2D eigenvalue weighted by atomic mass is 9.90. The molecule has 0 bridgehead atoms. The maximum absolute atomic E-state index is 12.1. The summed E-state index contributed by atoms with van der Waals surface area (Å²) in [7, 11) is 0. The van der Waals surface area contributed by atoms with Crippen LogP contribution in [-0.2, 0) is 6.42 Å². The summed E-state index contributed by atoms with van der Waals surface area (Å²) < 4.78 is 0. The summed E-state index contributed by atoms with van der Waals surface area (Å²) >= 11 is 0. The Labute approximate surface area is 135 Å². The molecule has 1 aromatic rings. The predicted molar refractivity (Wildman–Crippen MR) is 91.9 cm³/mol. The Hall–Kier alpha value is -1.51. The van der Waals surface area contributed by atoms with Gasteiger partial charge in [-0.05, 0) is 42.6 Å². The molecule has 0 atom stereocenters. The molecule has 1 aliphatic heterocycles. The maximum Gasteiger partial charge on any atom is 0.317 e. The number of nitrogens with one attached hydrogen (secondary N) is 1. The largest absolute Gasteiger partial charge is 0.337 e. The van der Waals surface area contributed by atoms with E-state index < -0.39 is 0 Å². The number of carbonyl (C=O) groups excluding carboxylic acids is 1. The quantitative estimate of drug-likeness (QED) is 0.892. The van der Waals surface area contributed by atoms with E-state index in [1.165, 1.54) is 12.0 Å². The zero-order valence-electron chi connectivity index (χ0n) is 14.3. The molecule has 1 aliphatic rings. The van der Waals surface area contributed by atoms with Crippen LogP contribution in [0.2, 0.25) is 0 Å². The third-order valence-corrected chi connectivity index (χ3v) is 4.36. The van der Waals surface area contributed by atoms with Crippen molar-refractivity contribution in [1.82, 2.24) is 10.2 Å². The lowest BCUT2D eigenvalue weighted by molar-refractivity contribution is 0.165. The molecule has 0 saturated carbocycles. The van der Waals surface area contributed by atoms with E-state index in [0.29, 0.717) is 0 Å². The number of amides is 2. The number of piperidine rings is 1. The van der Waals surface area contributed by atoms with Gasteiger partial charge in [0.1, 0.15) is 0 Å². The van der Waals surface area contributed by atoms with Gasteiger partial charge >= 0.3 is 6.03 Å². The summed E-state index contributed by atoms with van der Waals surface area (Å²) in [5.41, 5.74) is 1.57. The van der Waals surface area contributed by atoms with Crippen molar-refractivity contribution in [2.24, 2.45) is 11.3 Å². The fraction of sp³-hybridized carbons (Fsp3) is 0.632. The molecule has 0 aromatic heterocycles. The molecule has 2 rings (SSSR count). The number of benzene rings is 1. The molecule has 1 N–H and O–H groups in total. The van der Waals surface area contributed by atoms with Gasteiger partial charge in [-0.15, -0.1) is 0 Å². The van der Waals surface area contributed by atoms with Crippen molar-refractivity contribution in [1.29, 1.82) is 0 Å². The third-order valence-electron chi connectivity index (χ3n) is 4.36. The fourth-order valence-corrected chi connectivity index (χ4v) is 2.89. The summed E-state index contributed by atoms with van der Waals surface area (Å²) in [5.74, 6) is 0.756. The standard InChI is InChI=1S/C19H30N2O/c1-19(2,3)15-20-18(22)21-13-11-17(12-14-21)10-9-16-7-5-4-6-8-16/h4-8,17H,9-15H2,1-3H3,(H,20,22). The molecule has 0 aliphatic carbocycles. The summed E-state index contributed by atoms with van der Waals surface area (Å²) in [5, 5.41) is 3.05. The Balaban J connectivity index is 1.68. The number of nitrogens with zero attached hydrogens (tertiary/aromatic N) is 1. The molecule has 22 heavy (non-hydrogen) atoms. The van der Waals surface area contributed by atoms with Crippen LogP contribution in [0.1, 0.15) is 45.6 Å². The molecule has 0 radical (unpaired) electrons. The Morgan fingerprint density at radius 1 is 1.18 bits per heavy atom. The van der Waals surface area contributed by atoms with Gasteiger partial charge in [-0.1, -0.05) is 51.1 Å². The van der Waals surface area contributed by atoms with Crippen LogP contribution in [-0.4, -0.2) is 30.6 Å². The van der Waals surface area contributed by atoms with Gasteiger partial charge in [-0.25, -0.2) is 4.79 Å². The van der Waals surface area contributed by atoms with Crippen LogP contribution in [0.15, 0.2) is 30.3 Å². The van der Waals surface area contributed by atoms with E-state index in [1.807, 2.05) is 4.90 Å². The summed E-state index contributed by atoms with van der Waals surface area (Å²) in [6.45, 7) is 8.96. The first-order valence-corrected chi connectivity index (χ1v) is 8.51. The number of likely N-dealkylation sites (tertiary alicyclic amines) is 1. The molecule has 0 unspecified atom stereocenters. The van der Waals surface area contributed by atoms with E-state index in [9.17, 15) is 4.79 Å². The maximum atomic E-state index is 12.1. The minimum Gasteiger partial charge on any atom is -0.337 e. The second-order valence-electron chi connectivity index (χ2n) is 7.67. The van der Waals surface area contributed by atoms with Crippen LogP contribution in [0.5, 0.6) is 0 Å². The molecule has 1 heterocycles. The predicted octanol–water partition coefficient (Wildman–Crippen LogP) is 4.09. The molecule has 1 saturated heterocycles. The van der Waals surface area contributed by atoms with Crippen LogP contribution in [0.25, 0.3) is 0 Å². The minimum atomic E-state index is 0.108. The number of hydrogen-bond acceptors (Lipinski definition) is 1. The van der Waals surface area contributed by atoms with Gasteiger partial charge in [0.2, 0.25) is 0 Å². The van der Waals surface area contributed by atoms with E-state index in [1.54, 1.807) is 0 Å². The van der Waals surface area contributed by atoms with Gasteiger partial charge in [-0.3, -0.25) is 0 Å². The zero-order chi connectivity index (χ0) is 16.0. The molecular weight excluding hydrogens is 272 g/mol. The Morgan fingerprint density at radius 2 is 1.82 bits per heavy atom. The van der Waals surface area contributed by atoms with Crippen molar-refractivity contribution < 1.29 is 4.79 Å². The van der Waals surface area contributed by atoms with Crippen molar-refractivity contribution in [3.05, 3.63) is 35.9 Å². The average Bonchev–Trinajstić information content (AvgIpc) is 2.51. The highest BCUT2D eigenvalue weighted by Crippen LogP contribution is 2.22. The summed E-state index contributed by atoms with van der Waals surface area (Å²) in [4.78, 5) is 14.1. The van der Waals surface area contributed by atoms with Gasteiger partial charge in [-0.2, -0.15) is 0 Å². The van der Waals surface area contributed by atoms with E-state index in [4.69, 9.17) is 0 Å². The number of hydrogen-bond donors (Lipinski definition) is 1. The van der Waals surface area contributed by atoms with Crippen molar-refractivity contribution in [3.63, 3.8) is 0 Å². The topological polar surface area (TPSA) is 32.3 Å². The second-order valence-corrected chi connectivity index (χ2v) is 7.67. The Kier molecular flexibility index (Phi) is 5.87. The van der Waals surface area contributed by atoms with Crippen LogP contribution in [0.3, 0.4) is 0 Å². The molecule has 1 fully saturated rings. The van der Waals surface area contributed by atoms with Crippen LogP contribution >= 0.6 is 0 Å². The number of carbonyl (C=O) groups is 1. The van der Waals surface area contributed by atoms with Crippen molar-refractivity contribution in [3.8, 4) is 0 Å². The number of urea groups is 1. The van der Waals surface area contributed by atoms with Crippen LogP contribution in [0, 0.1) is 11.3 Å². The van der Waals surface area contributed by atoms with Crippen molar-refractivity contribution >= 4 is 6.03 Å². The molecular formula is C19H30N2O. The molecule has 122 valence electrons. The van der Waals surface area contributed by atoms with Gasteiger partial charge in [0.05, 0.1) is 0 Å². The lowest BCUT2D eigenvalue weighted by Gasteiger charge is -2.33. The van der Waals surface area contributed by atoms with E-state index in [2.05, 4.69) is 56.4 Å². The SMILES string of the molecule is CC(C)(C)CNC(=O)N1CCC(CCc2ccccc2)CC1. The first kappa shape index (κ1) is 16.9.